The third-order valence-corrected chi connectivity index (χ3v) is 4.40. The van der Waals surface area contributed by atoms with Gasteiger partial charge in [0.25, 0.3) is 0 Å². The van der Waals surface area contributed by atoms with Crippen LogP contribution in [-0.2, 0) is 14.9 Å². The van der Waals surface area contributed by atoms with Gasteiger partial charge in [-0.25, -0.2) is 9.18 Å². The zero-order valence-corrected chi connectivity index (χ0v) is 15.5. The van der Waals surface area contributed by atoms with Crippen LogP contribution in [0.1, 0.15) is 47.1 Å². The second-order valence-electron chi connectivity index (χ2n) is 7.49. The quantitative estimate of drug-likeness (QED) is 0.752. The maximum atomic E-state index is 13.4. The fourth-order valence-electron chi connectivity index (χ4n) is 3.34. The van der Waals surface area contributed by atoms with Crippen molar-refractivity contribution in [3.05, 3.63) is 46.9 Å². The van der Waals surface area contributed by atoms with E-state index in [1.165, 1.54) is 12.1 Å². The summed E-state index contributed by atoms with van der Waals surface area (Å²) in [6.07, 6.45) is 0. The lowest BCUT2D eigenvalue weighted by Crippen LogP contribution is -2.44. The molecule has 0 N–H and O–H groups in total. The zero-order valence-electron chi connectivity index (χ0n) is 15.5. The van der Waals surface area contributed by atoms with Crippen molar-refractivity contribution in [1.29, 1.82) is 5.26 Å². The van der Waals surface area contributed by atoms with Gasteiger partial charge in [-0.1, -0.05) is 12.1 Å². The molecular formula is C20H23FN2O2. The van der Waals surface area contributed by atoms with Crippen LogP contribution in [0.2, 0.25) is 0 Å². The summed E-state index contributed by atoms with van der Waals surface area (Å²) in [6.45, 7) is 10.7. The van der Waals surface area contributed by atoms with E-state index in [1.807, 2.05) is 6.92 Å². The van der Waals surface area contributed by atoms with Gasteiger partial charge in [-0.3, -0.25) is 4.99 Å². The number of halogens is 1. The van der Waals surface area contributed by atoms with Crippen molar-refractivity contribution in [2.75, 3.05) is 0 Å². The maximum absolute atomic E-state index is 13.4. The van der Waals surface area contributed by atoms with Gasteiger partial charge in [0, 0.05) is 16.8 Å². The van der Waals surface area contributed by atoms with Crippen LogP contribution in [-0.4, -0.2) is 17.3 Å². The van der Waals surface area contributed by atoms with Gasteiger partial charge in [0.15, 0.2) is 0 Å². The van der Waals surface area contributed by atoms with Crippen LogP contribution in [0.5, 0.6) is 0 Å². The molecule has 1 aromatic carbocycles. The maximum Gasteiger partial charge on any atom is 0.337 e. The number of carbonyl (C=O) groups is 1. The molecule has 5 heteroatoms. The number of allylic oxidation sites excluding steroid dienone is 1. The number of benzene rings is 1. The van der Waals surface area contributed by atoms with E-state index in [0.717, 1.165) is 0 Å². The summed E-state index contributed by atoms with van der Waals surface area (Å²) < 4.78 is 19.0. The predicted octanol–water partition coefficient (Wildman–Crippen LogP) is 4.31. The molecule has 2 unspecified atom stereocenters. The van der Waals surface area contributed by atoms with Crippen LogP contribution in [0.4, 0.5) is 4.39 Å². The van der Waals surface area contributed by atoms with Crippen LogP contribution in [0, 0.1) is 23.1 Å². The van der Waals surface area contributed by atoms with E-state index in [-0.39, 0.29) is 5.82 Å². The van der Waals surface area contributed by atoms with Crippen molar-refractivity contribution in [2.45, 2.75) is 52.6 Å². The first-order valence-electron chi connectivity index (χ1n) is 8.16. The number of hydrogen-bond acceptors (Lipinski definition) is 4. The Kier molecular flexibility index (Phi) is 4.85. The molecule has 0 spiro atoms. The number of hydrogen-bond donors (Lipinski definition) is 0. The van der Waals surface area contributed by atoms with Crippen molar-refractivity contribution in [2.24, 2.45) is 10.9 Å². The van der Waals surface area contributed by atoms with Crippen molar-refractivity contribution in [1.82, 2.24) is 0 Å². The Morgan fingerprint density at radius 3 is 2.32 bits per heavy atom. The second-order valence-corrected chi connectivity index (χ2v) is 7.49. The molecule has 0 amide bonds. The molecule has 1 heterocycles. The largest absolute Gasteiger partial charge is 0.457 e. The van der Waals surface area contributed by atoms with Crippen molar-refractivity contribution in [3.63, 3.8) is 0 Å². The molecule has 0 bridgehead atoms. The molecule has 0 fully saturated rings. The van der Waals surface area contributed by atoms with Crippen molar-refractivity contribution < 1.29 is 13.9 Å². The summed E-state index contributed by atoms with van der Waals surface area (Å²) in [5.41, 5.74) is 0.512. The van der Waals surface area contributed by atoms with Gasteiger partial charge >= 0.3 is 5.97 Å². The summed E-state index contributed by atoms with van der Waals surface area (Å²) in [6, 6.07) is 8.14. The van der Waals surface area contributed by atoms with E-state index < -0.39 is 22.9 Å². The normalized spacial score (nSPS) is 23.8. The van der Waals surface area contributed by atoms with Gasteiger partial charge in [0.1, 0.15) is 11.4 Å². The Labute approximate surface area is 148 Å². The molecule has 2 atom stereocenters. The van der Waals surface area contributed by atoms with E-state index in [9.17, 15) is 14.4 Å². The number of ether oxygens (including phenoxy) is 1. The Bertz CT molecular complexity index is 794. The van der Waals surface area contributed by atoms with E-state index in [0.29, 0.717) is 22.5 Å². The molecule has 1 aromatic rings. The molecule has 0 saturated heterocycles. The number of rotatable bonds is 2. The molecule has 0 aromatic heterocycles. The van der Waals surface area contributed by atoms with Gasteiger partial charge < -0.3 is 4.74 Å². The first-order chi connectivity index (χ1) is 11.5. The van der Waals surface area contributed by atoms with Gasteiger partial charge in [-0.15, -0.1) is 0 Å². The highest BCUT2D eigenvalue weighted by Gasteiger charge is 2.48. The number of aliphatic imine (C=N–C) groups is 1. The molecule has 132 valence electrons. The Hall–Kier alpha value is -2.48. The lowest BCUT2D eigenvalue weighted by molar-refractivity contribution is -0.150. The van der Waals surface area contributed by atoms with Gasteiger partial charge in [-0.05, 0) is 59.2 Å². The predicted molar refractivity (Wildman–Crippen MR) is 94.5 cm³/mol. The molecule has 2 rings (SSSR count). The number of esters is 1. The minimum Gasteiger partial charge on any atom is -0.457 e. The summed E-state index contributed by atoms with van der Waals surface area (Å²) in [5, 5.41) is 9.75. The SMILES string of the molecule is CC1=NC(C)=C(C(=O)OC(C)(C)C)C(C)(c2ccc(F)cc2)C1C#N. The van der Waals surface area contributed by atoms with E-state index in [2.05, 4.69) is 11.1 Å². The molecule has 25 heavy (non-hydrogen) atoms. The Morgan fingerprint density at radius 2 is 1.84 bits per heavy atom. The lowest BCUT2D eigenvalue weighted by atomic mass is 9.64. The highest BCUT2D eigenvalue weighted by Crippen LogP contribution is 2.45. The molecule has 1 aliphatic heterocycles. The summed E-state index contributed by atoms with van der Waals surface area (Å²) >= 11 is 0. The fourth-order valence-corrected chi connectivity index (χ4v) is 3.34. The first kappa shape index (κ1) is 18.9. The Balaban J connectivity index is 2.70. The van der Waals surface area contributed by atoms with Crippen LogP contribution in [0.3, 0.4) is 0 Å². The summed E-state index contributed by atoms with van der Waals surface area (Å²) in [7, 11) is 0. The Morgan fingerprint density at radius 1 is 1.28 bits per heavy atom. The number of carbonyl (C=O) groups excluding carboxylic acids is 1. The third-order valence-electron chi connectivity index (χ3n) is 4.40. The van der Waals surface area contributed by atoms with Gasteiger partial charge in [0.05, 0.1) is 17.6 Å². The number of nitrogens with zero attached hydrogens (tertiary/aromatic N) is 2. The minimum absolute atomic E-state index is 0.339. The minimum atomic E-state index is -0.972. The highest BCUT2D eigenvalue weighted by atomic mass is 19.1. The molecule has 0 radical (unpaired) electrons. The molecular weight excluding hydrogens is 319 g/mol. The van der Waals surface area contributed by atoms with E-state index in [1.54, 1.807) is 46.8 Å². The molecule has 0 aliphatic carbocycles. The van der Waals surface area contributed by atoms with Crippen LogP contribution in [0.25, 0.3) is 0 Å². The average molecular weight is 342 g/mol. The fraction of sp³-hybridized carbons (Fsp3) is 0.450. The summed E-state index contributed by atoms with van der Waals surface area (Å²) in [4.78, 5) is 17.3. The van der Waals surface area contributed by atoms with Crippen molar-refractivity contribution >= 4 is 11.7 Å². The summed E-state index contributed by atoms with van der Waals surface area (Å²) in [5.74, 6) is -1.53. The third kappa shape index (κ3) is 3.48. The van der Waals surface area contributed by atoms with Crippen LogP contribution in [0.15, 0.2) is 40.5 Å². The standard InChI is InChI=1S/C20H23FN2O2/c1-12-16(11-22)20(6,14-7-9-15(21)10-8-14)17(13(2)23-12)18(24)25-19(3,4)5/h7-10,16H,1-6H3. The van der Waals surface area contributed by atoms with Gasteiger partial charge in [0.2, 0.25) is 0 Å². The zero-order chi connectivity index (χ0) is 19.0. The smallest absolute Gasteiger partial charge is 0.337 e. The van der Waals surface area contributed by atoms with Crippen LogP contribution < -0.4 is 0 Å². The molecule has 0 saturated carbocycles. The van der Waals surface area contributed by atoms with E-state index >= 15 is 0 Å². The molecule has 4 nitrogen and oxygen atoms in total. The topological polar surface area (TPSA) is 62.4 Å². The number of nitriles is 1. The average Bonchev–Trinajstić information content (AvgIpc) is 2.45. The van der Waals surface area contributed by atoms with Crippen molar-refractivity contribution in [3.8, 4) is 6.07 Å². The monoisotopic (exact) mass is 342 g/mol. The first-order valence-corrected chi connectivity index (χ1v) is 8.16. The van der Waals surface area contributed by atoms with Crippen LogP contribution >= 0.6 is 0 Å². The van der Waals surface area contributed by atoms with Gasteiger partial charge in [-0.2, -0.15) is 5.26 Å². The highest BCUT2D eigenvalue weighted by molar-refractivity contribution is 6.00. The molecule has 1 aliphatic rings. The lowest BCUT2D eigenvalue weighted by Gasteiger charge is -2.39. The van der Waals surface area contributed by atoms with E-state index in [4.69, 9.17) is 4.74 Å². The second kappa shape index (κ2) is 6.44.